The van der Waals surface area contributed by atoms with E-state index in [4.69, 9.17) is 11.6 Å². The summed E-state index contributed by atoms with van der Waals surface area (Å²) < 4.78 is 1.79. The first kappa shape index (κ1) is 6.96. The molecule has 0 saturated carbocycles. The van der Waals surface area contributed by atoms with Crippen molar-refractivity contribution in [1.29, 1.82) is 0 Å². The number of hydrogen-bond donors (Lipinski definition) is 0. The normalized spacial score (nSPS) is 10.1. The SMILES string of the molecule is CSc1ncn(C)c1Cl. The maximum absolute atomic E-state index is 5.79. The molecule has 0 aliphatic heterocycles. The fourth-order valence-electron chi connectivity index (χ4n) is 0.531. The van der Waals surface area contributed by atoms with Crippen LogP contribution in [0.1, 0.15) is 0 Å². The van der Waals surface area contributed by atoms with Crippen molar-refractivity contribution in [2.45, 2.75) is 5.03 Å². The van der Waals surface area contributed by atoms with Crippen molar-refractivity contribution in [3.05, 3.63) is 11.5 Å². The van der Waals surface area contributed by atoms with Gasteiger partial charge in [-0.25, -0.2) is 4.98 Å². The molecule has 0 aliphatic rings. The highest BCUT2D eigenvalue weighted by Crippen LogP contribution is 2.21. The Hall–Kier alpha value is -0.150. The summed E-state index contributed by atoms with van der Waals surface area (Å²) >= 11 is 7.34. The number of imidazole rings is 1. The molecule has 0 saturated heterocycles. The number of aryl methyl sites for hydroxylation is 1. The lowest BCUT2D eigenvalue weighted by Gasteiger charge is -1.90. The van der Waals surface area contributed by atoms with Gasteiger partial charge in [0.25, 0.3) is 0 Å². The van der Waals surface area contributed by atoms with Crippen molar-refractivity contribution in [3.8, 4) is 0 Å². The van der Waals surface area contributed by atoms with Crippen LogP contribution in [0.3, 0.4) is 0 Å². The van der Waals surface area contributed by atoms with Crippen molar-refractivity contribution >= 4 is 23.4 Å². The minimum atomic E-state index is 0.711. The van der Waals surface area contributed by atoms with Gasteiger partial charge in [0.15, 0.2) is 0 Å². The van der Waals surface area contributed by atoms with Crippen molar-refractivity contribution in [3.63, 3.8) is 0 Å². The van der Waals surface area contributed by atoms with Gasteiger partial charge in [0.2, 0.25) is 0 Å². The predicted molar refractivity (Wildman–Crippen MR) is 40.0 cm³/mol. The van der Waals surface area contributed by atoms with Crippen molar-refractivity contribution in [2.75, 3.05) is 6.26 Å². The Morgan fingerprint density at radius 3 is 2.67 bits per heavy atom. The van der Waals surface area contributed by atoms with E-state index in [1.54, 1.807) is 22.7 Å². The van der Waals surface area contributed by atoms with Crippen LogP contribution in [0.5, 0.6) is 0 Å². The molecule has 0 atom stereocenters. The summed E-state index contributed by atoms with van der Waals surface area (Å²) in [6.45, 7) is 0. The first-order valence-corrected chi connectivity index (χ1v) is 4.06. The summed E-state index contributed by atoms with van der Waals surface area (Å²) in [6.07, 6.45) is 3.66. The zero-order chi connectivity index (χ0) is 6.85. The largest absolute Gasteiger partial charge is 0.324 e. The van der Waals surface area contributed by atoms with E-state index in [1.165, 1.54) is 0 Å². The van der Waals surface area contributed by atoms with Crippen LogP contribution < -0.4 is 0 Å². The van der Waals surface area contributed by atoms with Crippen LogP contribution in [0.15, 0.2) is 11.4 Å². The highest BCUT2D eigenvalue weighted by Gasteiger charge is 2.01. The zero-order valence-electron chi connectivity index (χ0n) is 5.26. The Labute approximate surface area is 63.2 Å². The quantitative estimate of drug-likeness (QED) is 0.586. The second-order valence-electron chi connectivity index (χ2n) is 1.66. The Bertz CT molecular complexity index is 209. The van der Waals surface area contributed by atoms with E-state index >= 15 is 0 Å². The van der Waals surface area contributed by atoms with Crippen LogP contribution in [0, 0.1) is 0 Å². The van der Waals surface area contributed by atoms with Gasteiger partial charge in [-0.05, 0) is 6.26 Å². The average Bonchev–Trinajstić information content (AvgIpc) is 2.15. The minimum absolute atomic E-state index is 0.711. The number of halogens is 1. The zero-order valence-corrected chi connectivity index (χ0v) is 6.83. The number of aromatic nitrogens is 2. The summed E-state index contributed by atoms with van der Waals surface area (Å²) in [5.74, 6) is 0. The number of nitrogens with zero attached hydrogens (tertiary/aromatic N) is 2. The molecule has 1 aromatic rings. The molecule has 1 rings (SSSR count). The average molecular weight is 163 g/mol. The van der Waals surface area contributed by atoms with Gasteiger partial charge >= 0.3 is 0 Å². The third-order valence-corrected chi connectivity index (χ3v) is 2.27. The highest BCUT2D eigenvalue weighted by molar-refractivity contribution is 7.98. The van der Waals surface area contributed by atoms with E-state index in [0.717, 1.165) is 5.03 Å². The molecule has 0 fully saturated rings. The van der Waals surface area contributed by atoms with Gasteiger partial charge in [-0.2, -0.15) is 0 Å². The maximum Gasteiger partial charge on any atom is 0.142 e. The molecule has 0 unspecified atom stereocenters. The molecule has 0 radical (unpaired) electrons. The summed E-state index contributed by atoms with van der Waals surface area (Å²) in [5, 5.41) is 1.60. The van der Waals surface area contributed by atoms with E-state index in [-0.39, 0.29) is 0 Å². The van der Waals surface area contributed by atoms with Gasteiger partial charge < -0.3 is 4.57 Å². The van der Waals surface area contributed by atoms with Gasteiger partial charge in [0.05, 0.1) is 6.33 Å². The lowest BCUT2D eigenvalue weighted by Crippen LogP contribution is -1.81. The molecule has 2 nitrogen and oxygen atoms in total. The molecule has 0 amide bonds. The lowest BCUT2D eigenvalue weighted by molar-refractivity contribution is 0.913. The van der Waals surface area contributed by atoms with Crippen LogP contribution >= 0.6 is 23.4 Å². The molecule has 0 bridgehead atoms. The fourth-order valence-corrected chi connectivity index (χ4v) is 1.32. The smallest absolute Gasteiger partial charge is 0.142 e. The van der Waals surface area contributed by atoms with E-state index in [9.17, 15) is 0 Å². The lowest BCUT2D eigenvalue weighted by atomic mass is 10.9. The fraction of sp³-hybridized carbons (Fsp3) is 0.400. The first-order valence-electron chi connectivity index (χ1n) is 2.46. The van der Waals surface area contributed by atoms with Crippen molar-refractivity contribution in [2.24, 2.45) is 7.05 Å². The minimum Gasteiger partial charge on any atom is -0.324 e. The summed E-state index contributed by atoms with van der Waals surface area (Å²) in [7, 11) is 1.87. The molecule has 1 heterocycles. The summed E-state index contributed by atoms with van der Waals surface area (Å²) in [4.78, 5) is 4.03. The molecule has 0 aromatic carbocycles. The maximum atomic E-state index is 5.79. The topological polar surface area (TPSA) is 17.8 Å². The van der Waals surface area contributed by atoms with Crippen molar-refractivity contribution in [1.82, 2.24) is 9.55 Å². The van der Waals surface area contributed by atoms with Crippen molar-refractivity contribution < 1.29 is 0 Å². The van der Waals surface area contributed by atoms with E-state index in [1.807, 2.05) is 13.3 Å². The van der Waals surface area contributed by atoms with Crippen LogP contribution in [0.25, 0.3) is 0 Å². The molecule has 4 heteroatoms. The monoisotopic (exact) mass is 162 g/mol. The van der Waals surface area contributed by atoms with E-state index in [0.29, 0.717) is 5.15 Å². The molecule has 1 aromatic heterocycles. The molecular weight excluding hydrogens is 156 g/mol. The summed E-state index contributed by atoms with van der Waals surface area (Å²) in [6, 6.07) is 0. The van der Waals surface area contributed by atoms with Crippen LogP contribution in [-0.4, -0.2) is 15.8 Å². The van der Waals surface area contributed by atoms with Gasteiger partial charge in [0, 0.05) is 7.05 Å². The molecule has 0 spiro atoms. The van der Waals surface area contributed by atoms with Crippen LogP contribution in [0.4, 0.5) is 0 Å². The first-order chi connectivity index (χ1) is 4.25. The molecule has 0 N–H and O–H groups in total. The Balaban J connectivity index is 3.04. The van der Waals surface area contributed by atoms with Crippen LogP contribution in [-0.2, 0) is 7.05 Å². The third-order valence-electron chi connectivity index (χ3n) is 1.03. The molecular formula is C5H7ClN2S. The van der Waals surface area contributed by atoms with Gasteiger partial charge in [-0.3, -0.25) is 0 Å². The predicted octanol–water partition coefficient (Wildman–Crippen LogP) is 1.80. The second kappa shape index (κ2) is 2.62. The number of thioether (sulfide) groups is 1. The Kier molecular flexibility index (Phi) is 2.03. The van der Waals surface area contributed by atoms with Crippen LogP contribution in [0.2, 0.25) is 5.15 Å². The Morgan fingerprint density at radius 1 is 1.78 bits per heavy atom. The second-order valence-corrected chi connectivity index (χ2v) is 2.81. The van der Waals surface area contributed by atoms with E-state index in [2.05, 4.69) is 4.98 Å². The highest BCUT2D eigenvalue weighted by atomic mass is 35.5. The van der Waals surface area contributed by atoms with Gasteiger partial charge in [0.1, 0.15) is 10.2 Å². The van der Waals surface area contributed by atoms with E-state index < -0.39 is 0 Å². The third kappa shape index (κ3) is 1.22. The van der Waals surface area contributed by atoms with Gasteiger partial charge in [-0.15, -0.1) is 11.8 Å². The molecule has 9 heavy (non-hydrogen) atoms. The number of rotatable bonds is 1. The summed E-state index contributed by atoms with van der Waals surface area (Å²) in [5.41, 5.74) is 0. The molecule has 50 valence electrons. The standard InChI is InChI=1S/C5H7ClN2S/c1-8-3-7-5(9-2)4(8)6/h3H,1-2H3. The number of hydrogen-bond acceptors (Lipinski definition) is 2. The molecule has 0 aliphatic carbocycles. The van der Waals surface area contributed by atoms with Gasteiger partial charge in [-0.1, -0.05) is 11.6 Å². The Morgan fingerprint density at radius 2 is 2.44 bits per heavy atom.